The van der Waals surface area contributed by atoms with Crippen LogP contribution in [-0.4, -0.2) is 34.9 Å². The first-order valence-electron chi connectivity index (χ1n) is 7.95. The van der Waals surface area contributed by atoms with Gasteiger partial charge in [0.05, 0.1) is 11.7 Å². The minimum absolute atomic E-state index is 0.0371. The van der Waals surface area contributed by atoms with E-state index in [1.54, 1.807) is 27.7 Å². The molecule has 0 saturated heterocycles. The van der Waals surface area contributed by atoms with Gasteiger partial charge in [-0.3, -0.25) is 4.79 Å². The monoisotopic (exact) mass is 321 g/mol. The van der Waals surface area contributed by atoms with Crippen LogP contribution in [0.1, 0.15) is 71.6 Å². The molecule has 0 bridgehead atoms. The van der Waals surface area contributed by atoms with Gasteiger partial charge in [-0.15, -0.1) is 0 Å². The summed E-state index contributed by atoms with van der Waals surface area (Å²) >= 11 is 0. The molecular formula is C17H23NO5. The van der Waals surface area contributed by atoms with Crippen molar-refractivity contribution in [3.8, 4) is 0 Å². The second kappa shape index (κ2) is 6.98. The summed E-state index contributed by atoms with van der Waals surface area (Å²) in [7, 11) is 0. The molecule has 6 nitrogen and oxygen atoms in total. The van der Waals surface area contributed by atoms with E-state index < -0.39 is 18.0 Å². The van der Waals surface area contributed by atoms with Crippen LogP contribution in [0.3, 0.4) is 0 Å². The van der Waals surface area contributed by atoms with E-state index in [4.69, 9.17) is 9.47 Å². The molecule has 0 radical (unpaired) electrons. The van der Waals surface area contributed by atoms with Gasteiger partial charge in [0.2, 0.25) is 0 Å². The van der Waals surface area contributed by atoms with Gasteiger partial charge in [-0.1, -0.05) is 0 Å². The Hall–Kier alpha value is -2.11. The van der Waals surface area contributed by atoms with E-state index in [1.807, 2.05) is 0 Å². The summed E-state index contributed by atoms with van der Waals surface area (Å²) in [5.41, 5.74) is 1.59. The van der Waals surface area contributed by atoms with E-state index in [1.165, 1.54) is 0 Å². The van der Waals surface area contributed by atoms with E-state index in [0.717, 1.165) is 12.8 Å². The summed E-state index contributed by atoms with van der Waals surface area (Å²) < 4.78 is 10.5. The maximum atomic E-state index is 12.3. The van der Waals surface area contributed by atoms with Crippen LogP contribution in [0.5, 0.6) is 0 Å². The SMILES string of the molecule is Cc1[nH]c(C(=O)O[C@H]2CCCCC2=O)c(C)c1C(=O)OC(C)C. The largest absolute Gasteiger partial charge is 0.459 e. The highest BCUT2D eigenvalue weighted by molar-refractivity contribution is 5.99. The first-order chi connectivity index (χ1) is 10.8. The first-order valence-corrected chi connectivity index (χ1v) is 7.95. The molecule has 1 fully saturated rings. The molecule has 1 heterocycles. The Morgan fingerprint density at radius 3 is 2.48 bits per heavy atom. The Kier molecular flexibility index (Phi) is 5.23. The third-order valence-corrected chi connectivity index (χ3v) is 3.94. The number of carbonyl (C=O) groups excluding carboxylic acids is 3. The van der Waals surface area contributed by atoms with Crippen LogP contribution < -0.4 is 0 Å². The van der Waals surface area contributed by atoms with E-state index in [2.05, 4.69) is 4.98 Å². The van der Waals surface area contributed by atoms with Gasteiger partial charge < -0.3 is 14.5 Å². The smallest absolute Gasteiger partial charge is 0.355 e. The van der Waals surface area contributed by atoms with Gasteiger partial charge in [0, 0.05) is 12.1 Å². The molecule has 126 valence electrons. The zero-order valence-electron chi connectivity index (χ0n) is 14.0. The fourth-order valence-electron chi connectivity index (χ4n) is 2.80. The summed E-state index contributed by atoms with van der Waals surface area (Å²) in [4.78, 5) is 39.1. The molecule has 1 aromatic rings. The average molecular weight is 321 g/mol. The second-order valence-corrected chi connectivity index (χ2v) is 6.19. The van der Waals surface area contributed by atoms with Crippen molar-refractivity contribution in [2.75, 3.05) is 0 Å². The lowest BCUT2D eigenvalue weighted by molar-refractivity contribution is -0.129. The van der Waals surface area contributed by atoms with Crippen molar-refractivity contribution in [3.63, 3.8) is 0 Å². The number of aromatic amines is 1. The number of hydrogen-bond donors (Lipinski definition) is 1. The van der Waals surface area contributed by atoms with Crippen molar-refractivity contribution >= 4 is 17.7 Å². The molecule has 1 aromatic heterocycles. The quantitative estimate of drug-likeness (QED) is 0.862. The van der Waals surface area contributed by atoms with Crippen molar-refractivity contribution in [1.82, 2.24) is 4.98 Å². The van der Waals surface area contributed by atoms with Crippen molar-refractivity contribution in [2.24, 2.45) is 0 Å². The lowest BCUT2D eigenvalue weighted by Gasteiger charge is -2.20. The number of Topliss-reactive ketones (excluding diaryl/α,β-unsaturated/α-hetero) is 1. The van der Waals surface area contributed by atoms with E-state index in [-0.39, 0.29) is 17.6 Å². The van der Waals surface area contributed by atoms with Crippen LogP contribution in [-0.2, 0) is 14.3 Å². The molecule has 1 aliphatic carbocycles. The number of H-pyrrole nitrogens is 1. The zero-order valence-corrected chi connectivity index (χ0v) is 14.0. The normalized spacial score (nSPS) is 18.1. The zero-order chi connectivity index (χ0) is 17.1. The van der Waals surface area contributed by atoms with Gasteiger partial charge in [-0.25, -0.2) is 9.59 Å². The van der Waals surface area contributed by atoms with Crippen LogP contribution in [0, 0.1) is 13.8 Å². The molecule has 0 aliphatic heterocycles. The predicted octanol–water partition coefficient (Wildman–Crippen LogP) is 2.87. The summed E-state index contributed by atoms with van der Waals surface area (Å²) in [5, 5.41) is 0. The van der Waals surface area contributed by atoms with E-state index >= 15 is 0 Å². The van der Waals surface area contributed by atoms with Crippen molar-refractivity contribution in [1.29, 1.82) is 0 Å². The maximum absolute atomic E-state index is 12.3. The van der Waals surface area contributed by atoms with Gasteiger partial charge in [0.15, 0.2) is 11.9 Å². The van der Waals surface area contributed by atoms with Crippen LogP contribution >= 0.6 is 0 Å². The number of hydrogen-bond acceptors (Lipinski definition) is 5. The number of ketones is 1. The average Bonchev–Trinajstić information content (AvgIpc) is 2.75. The molecule has 2 rings (SSSR count). The number of aromatic nitrogens is 1. The molecule has 0 spiro atoms. The van der Waals surface area contributed by atoms with Gasteiger partial charge in [-0.2, -0.15) is 0 Å². The van der Waals surface area contributed by atoms with Crippen LogP contribution in [0.15, 0.2) is 0 Å². The molecule has 1 aliphatic rings. The fraction of sp³-hybridized carbons (Fsp3) is 0.588. The van der Waals surface area contributed by atoms with Gasteiger partial charge in [-0.05, 0) is 52.5 Å². The number of nitrogens with one attached hydrogen (secondary N) is 1. The molecule has 1 saturated carbocycles. The lowest BCUT2D eigenvalue weighted by Crippen LogP contribution is -2.30. The third-order valence-electron chi connectivity index (χ3n) is 3.94. The van der Waals surface area contributed by atoms with Crippen LogP contribution in [0.4, 0.5) is 0 Å². The number of aryl methyl sites for hydroxylation is 1. The Morgan fingerprint density at radius 1 is 1.17 bits per heavy atom. The number of carbonyl (C=O) groups is 3. The summed E-state index contributed by atoms with van der Waals surface area (Å²) in [6.45, 7) is 6.89. The Labute approximate surface area is 135 Å². The maximum Gasteiger partial charge on any atom is 0.355 e. The summed E-state index contributed by atoms with van der Waals surface area (Å²) in [5.74, 6) is -1.11. The minimum atomic E-state index is -0.676. The van der Waals surface area contributed by atoms with E-state index in [0.29, 0.717) is 29.7 Å². The van der Waals surface area contributed by atoms with Crippen LogP contribution in [0.2, 0.25) is 0 Å². The standard InChI is InChI=1S/C17H23NO5/c1-9(2)22-16(20)14-10(3)15(18-11(14)4)17(21)23-13-8-6-5-7-12(13)19/h9,13,18H,5-8H2,1-4H3/t13-/m0/s1. The summed E-state index contributed by atoms with van der Waals surface area (Å²) in [6, 6.07) is 0. The molecule has 1 N–H and O–H groups in total. The number of esters is 2. The lowest BCUT2D eigenvalue weighted by atomic mass is 9.96. The molecule has 23 heavy (non-hydrogen) atoms. The second-order valence-electron chi connectivity index (χ2n) is 6.19. The summed E-state index contributed by atoms with van der Waals surface area (Å²) in [6.07, 6.45) is 1.81. The van der Waals surface area contributed by atoms with Crippen molar-refractivity contribution in [2.45, 2.75) is 65.6 Å². The van der Waals surface area contributed by atoms with Crippen LogP contribution in [0.25, 0.3) is 0 Å². The predicted molar refractivity (Wildman–Crippen MR) is 83.5 cm³/mol. The molecule has 0 unspecified atom stereocenters. The topological polar surface area (TPSA) is 85.5 Å². The molecular weight excluding hydrogens is 298 g/mol. The Balaban J connectivity index is 2.18. The minimum Gasteiger partial charge on any atom is -0.459 e. The molecule has 6 heteroatoms. The highest BCUT2D eigenvalue weighted by Crippen LogP contribution is 2.23. The van der Waals surface area contributed by atoms with Gasteiger partial charge in [0.1, 0.15) is 5.69 Å². The fourth-order valence-corrected chi connectivity index (χ4v) is 2.80. The van der Waals surface area contributed by atoms with Gasteiger partial charge >= 0.3 is 11.9 Å². The third kappa shape index (κ3) is 3.81. The van der Waals surface area contributed by atoms with E-state index in [9.17, 15) is 14.4 Å². The number of rotatable bonds is 4. The Bertz CT molecular complexity index is 629. The highest BCUT2D eigenvalue weighted by Gasteiger charge is 2.29. The molecule has 0 amide bonds. The molecule has 1 atom stereocenters. The van der Waals surface area contributed by atoms with Crippen molar-refractivity contribution < 1.29 is 23.9 Å². The van der Waals surface area contributed by atoms with Crippen molar-refractivity contribution in [3.05, 3.63) is 22.5 Å². The van der Waals surface area contributed by atoms with Gasteiger partial charge in [0.25, 0.3) is 0 Å². The highest BCUT2D eigenvalue weighted by atomic mass is 16.5. The molecule has 0 aromatic carbocycles. The number of ether oxygens (including phenoxy) is 2. The first kappa shape index (κ1) is 17.2. The Morgan fingerprint density at radius 2 is 1.87 bits per heavy atom.